The number of hydrogen-bond donors (Lipinski definition) is 2. The Morgan fingerprint density at radius 2 is 0.972 bits per heavy atom. The minimum atomic E-state index is -0.373. The molecule has 0 aromatic heterocycles. The summed E-state index contributed by atoms with van der Waals surface area (Å²) in [7, 11) is 0. The van der Waals surface area contributed by atoms with Crippen LogP contribution < -0.4 is 20.1 Å². The maximum absolute atomic E-state index is 13.1. The summed E-state index contributed by atoms with van der Waals surface area (Å²) in [5, 5.41) is 6.68. The zero-order valence-electron chi connectivity index (χ0n) is 19.7. The molecule has 2 heterocycles. The van der Waals surface area contributed by atoms with Gasteiger partial charge in [0, 0.05) is 34.9 Å². The van der Waals surface area contributed by atoms with Gasteiger partial charge in [-0.3, -0.25) is 9.59 Å². The van der Waals surface area contributed by atoms with E-state index in [1.54, 1.807) is 24.3 Å². The number of hydrogen-bond acceptors (Lipinski definition) is 6. The minimum absolute atomic E-state index is 0.0901. The van der Waals surface area contributed by atoms with E-state index in [1.165, 1.54) is 0 Å². The number of anilines is 4. The number of nitrogens with one attached hydrogen (secondary N) is 2. The van der Waals surface area contributed by atoms with Crippen molar-refractivity contribution in [2.24, 2.45) is 0 Å². The summed E-state index contributed by atoms with van der Waals surface area (Å²) in [6.07, 6.45) is 0. The third kappa shape index (κ3) is 3.69. The Morgan fingerprint density at radius 1 is 0.556 bits per heavy atom. The summed E-state index contributed by atoms with van der Waals surface area (Å²) in [6, 6.07) is 26.4. The Balaban J connectivity index is 1.27. The molecule has 0 aliphatic carbocycles. The van der Waals surface area contributed by atoms with Gasteiger partial charge in [-0.25, -0.2) is 0 Å². The molecule has 0 saturated heterocycles. The fourth-order valence-corrected chi connectivity index (χ4v) is 4.34. The van der Waals surface area contributed by atoms with E-state index in [2.05, 4.69) is 10.6 Å². The number of para-hydroxylation sites is 2. The molecule has 36 heavy (non-hydrogen) atoms. The Labute approximate surface area is 208 Å². The van der Waals surface area contributed by atoms with Crippen LogP contribution in [0.15, 0.2) is 96.4 Å². The molecule has 6 rings (SSSR count). The third-order valence-corrected chi connectivity index (χ3v) is 6.34. The highest BCUT2D eigenvalue weighted by Crippen LogP contribution is 2.40. The molecule has 0 fully saturated rings. The van der Waals surface area contributed by atoms with Gasteiger partial charge in [0.25, 0.3) is 0 Å². The predicted molar refractivity (Wildman–Crippen MR) is 139 cm³/mol. The molecule has 0 unspecified atom stereocenters. The Hall–Kier alpha value is -4.84. The highest BCUT2D eigenvalue weighted by Gasteiger charge is 2.39. The lowest BCUT2D eigenvalue weighted by molar-refractivity contribution is 0.0960. The molecule has 176 valence electrons. The van der Waals surface area contributed by atoms with E-state index < -0.39 is 0 Å². The van der Waals surface area contributed by atoms with E-state index in [1.807, 2.05) is 74.5 Å². The van der Waals surface area contributed by atoms with Gasteiger partial charge in [0.15, 0.2) is 0 Å². The number of fused-ring (bicyclic) bond motifs is 2. The number of aryl methyl sites for hydroxylation is 2. The first-order valence-corrected chi connectivity index (χ1v) is 11.6. The monoisotopic (exact) mass is 474 g/mol. The zero-order valence-corrected chi connectivity index (χ0v) is 19.7. The van der Waals surface area contributed by atoms with Crippen LogP contribution in [-0.4, -0.2) is 11.6 Å². The van der Waals surface area contributed by atoms with Crippen LogP contribution in [-0.2, 0) is 0 Å². The van der Waals surface area contributed by atoms with Gasteiger partial charge in [-0.05, 0) is 61.4 Å². The number of rotatable bonds is 4. The molecule has 0 amide bonds. The molecule has 2 N–H and O–H groups in total. The van der Waals surface area contributed by atoms with Gasteiger partial charge in [-0.2, -0.15) is 0 Å². The van der Waals surface area contributed by atoms with Crippen LogP contribution in [0.25, 0.3) is 0 Å². The van der Waals surface area contributed by atoms with Crippen molar-refractivity contribution in [3.05, 3.63) is 119 Å². The van der Waals surface area contributed by atoms with Crippen LogP contribution in [0.3, 0.4) is 0 Å². The van der Waals surface area contributed by atoms with E-state index in [9.17, 15) is 9.59 Å². The van der Waals surface area contributed by atoms with E-state index in [0.29, 0.717) is 22.6 Å². The van der Waals surface area contributed by atoms with Gasteiger partial charge in [-0.1, -0.05) is 36.4 Å². The number of ketones is 2. The van der Waals surface area contributed by atoms with Crippen LogP contribution in [0.5, 0.6) is 11.5 Å². The van der Waals surface area contributed by atoms with E-state index in [-0.39, 0.29) is 23.1 Å². The van der Waals surface area contributed by atoms with Crippen molar-refractivity contribution in [1.29, 1.82) is 0 Å². The van der Waals surface area contributed by atoms with Gasteiger partial charge in [-0.15, -0.1) is 0 Å². The van der Waals surface area contributed by atoms with Crippen molar-refractivity contribution in [1.82, 2.24) is 0 Å². The maximum Gasteiger partial charge on any atom is 0.236 e. The van der Waals surface area contributed by atoms with Crippen molar-refractivity contribution >= 4 is 34.3 Å². The van der Waals surface area contributed by atoms with Gasteiger partial charge in [0.05, 0.1) is 11.1 Å². The standard InChI is InChI=1S/C30H22N2O4/c1-17-7-3-5-9-23(17)31-19-11-13-21-25(15-19)35-29(27(21)33)30-28(34)22-14-12-20(16-26(22)36-30)32-24-10-6-4-8-18(24)2/h3-16,31-32H,1-2H3/b30-29-. The fourth-order valence-electron chi connectivity index (χ4n) is 4.34. The van der Waals surface area contributed by atoms with Crippen LogP contribution in [0, 0.1) is 13.8 Å². The molecular formula is C30H22N2O4. The molecule has 0 spiro atoms. The highest BCUT2D eigenvalue weighted by atomic mass is 16.5. The van der Waals surface area contributed by atoms with E-state index >= 15 is 0 Å². The predicted octanol–water partition coefficient (Wildman–Crippen LogP) is 6.85. The number of carbonyl (C=O) groups is 2. The first-order valence-electron chi connectivity index (χ1n) is 11.6. The largest absolute Gasteiger partial charge is 0.448 e. The number of benzene rings is 4. The normalized spacial score (nSPS) is 15.7. The van der Waals surface area contributed by atoms with Crippen LogP contribution in [0.2, 0.25) is 0 Å². The summed E-state index contributed by atoms with van der Waals surface area (Å²) in [6.45, 7) is 4.03. The zero-order chi connectivity index (χ0) is 24.8. The molecule has 0 radical (unpaired) electrons. The Bertz CT molecular complexity index is 1480. The molecule has 2 aliphatic heterocycles. The Morgan fingerprint density at radius 3 is 1.39 bits per heavy atom. The van der Waals surface area contributed by atoms with Crippen molar-refractivity contribution in [3.8, 4) is 11.5 Å². The third-order valence-electron chi connectivity index (χ3n) is 6.34. The fraction of sp³-hybridized carbons (Fsp3) is 0.0667. The molecule has 4 aromatic carbocycles. The lowest BCUT2D eigenvalue weighted by Gasteiger charge is -2.10. The average molecular weight is 475 g/mol. The smallest absolute Gasteiger partial charge is 0.236 e. The quantitative estimate of drug-likeness (QED) is 0.315. The lowest BCUT2D eigenvalue weighted by atomic mass is 10.1. The van der Waals surface area contributed by atoms with Crippen molar-refractivity contribution in [2.45, 2.75) is 13.8 Å². The molecule has 4 aromatic rings. The topological polar surface area (TPSA) is 76.7 Å². The summed E-state index contributed by atoms with van der Waals surface area (Å²) >= 11 is 0. The number of Topliss-reactive ketones (excluding diaryl/α,β-unsaturated/α-hetero) is 2. The number of ether oxygens (including phenoxy) is 2. The van der Waals surface area contributed by atoms with E-state index in [4.69, 9.17) is 9.47 Å². The van der Waals surface area contributed by atoms with Crippen molar-refractivity contribution in [2.75, 3.05) is 10.6 Å². The molecule has 2 aliphatic rings. The molecule has 6 nitrogen and oxygen atoms in total. The lowest BCUT2D eigenvalue weighted by Crippen LogP contribution is -2.10. The van der Waals surface area contributed by atoms with Crippen LogP contribution in [0.4, 0.5) is 22.7 Å². The first-order chi connectivity index (χ1) is 17.5. The average Bonchev–Trinajstić information content (AvgIpc) is 3.37. The summed E-state index contributed by atoms with van der Waals surface area (Å²) in [4.78, 5) is 26.2. The molecule has 0 atom stereocenters. The van der Waals surface area contributed by atoms with Gasteiger partial charge in [0.2, 0.25) is 23.1 Å². The summed E-state index contributed by atoms with van der Waals surface area (Å²) in [5.41, 5.74) is 6.44. The van der Waals surface area contributed by atoms with Crippen molar-refractivity contribution in [3.63, 3.8) is 0 Å². The number of allylic oxidation sites excluding steroid dienone is 2. The number of carbonyl (C=O) groups excluding carboxylic acids is 2. The summed E-state index contributed by atoms with van der Waals surface area (Å²) in [5.74, 6) is -0.158. The molecule has 0 saturated carbocycles. The van der Waals surface area contributed by atoms with Gasteiger partial charge >= 0.3 is 0 Å². The van der Waals surface area contributed by atoms with Crippen LogP contribution >= 0.6 is 0 Å². The summed E-state index contributed by atoms with van der Waals surface area (Å²) < 4.78 is 11.8. The second-order valence-corrected chi connectivity index (χ2v) is 8.82. The van der Waals surface area contributed by atoms with E-state index in [0.717, 1.165) is 33.9 Å². The SMILES string of the molecule is Cc1ccccc1Nc1ccc2c(c1)O/C(=C1\Oc3cc(Nc4ccccc4C)ccc3C1=O)C2=O. The van der Waals surface area contributed by atoms with Gasteiger partial charge in [0.1, 0.15) is 11.5 Å². The van der Waals surface area contributed by atoms with Crippen molar-refractivity contribution < 1.29 is 19.1 Å². The molecular weight excluding hydrogens is 452 g/mol. The van der Waals surface area contributed by atoms with Gasteiger partial charge < -0.3 is 20.1 Å². The second-order valence-electron chi connectivity index (χ2n) is 8.82. The van der Waals surface area contributed by atoms with Crippen LogP contribution in [0.1, 0.15) is 31.8 Å². The first kappa shape index (κ1) is 21.7. The second kappa shape index (κ2) is 8.43. The minimum Gasteiger partial charge on any atom is -0.448 e. The highest BCUT2D eigenvalue weighted by molar-refractivity contribution is 6.21. The Kier molecular flexibility index (Phi) is 5.08. The maximum atomic E-state index is 13.1. The molecule has 6 heteroatoms. The molecule has 0 bridgehead atoms.